The lowest BCUT2D eigenvalue weighted by molar-refractivity contribution is 0.485. The van der Waals surface area contributed by atoms with Crippen molar-refractivity contribution in [3.8, 4) is 5.82 Å². The van der Waals surface area contributed by atoms with Crippen LogP contribution in [0.4, 0.5) is 0 Å². The van der Waals surface area contributed by atoms with E-state index in [1.807, 2.05) is 17.7 Å². The Labute approximate surface area is 68.9 Å². The lowest BCUT2D eigenvalue weighted by atomic mass is 10.4. The molecule has 12 heavy (non-hydrogen) atoms. The van der Waals surface area contributed by atoms with Crippen molar-refractivity contribution < 1.29 is 4.42 Å². The molecule has 0 saturated carbocycles. The molecule has 2 aromatic rings. The van der Waals surface area contributed by atoms with Crippen LogP contribution < -0.4 is 0 Å². The average molecular weight is 161 g/mol. The van der Waals surface area contributed by atoms with Gasteiger partial charge in [0.15, 0.2) is 17.5 Å². The first-order chi connectivity index (χ1) is 5.84. The Balaban J connectivity index is 2.32. The fourth-order valence-corrected chi connectivity index (χ4v) is 1.56. The van der Waals surface area contributed by atoms with Gasteiger partial charge in [0.05, 0.1) is 6.42 Å². The average Bonchev–Trinajstić information content (AvgIpc) is 2.59. The maximum Gasteiger partial charge on any atom is 0.193 e. The molecule has 4 heteroatoms. The minimum Gasteiger partial charge on any atom is -0.443 e. The monoisotopic (exact) mass is 161 g/mol. The van der Waals surface area contributed by atoms with E-state index in [0.29, 0.717) is 0 Å². The third kappa shape index (κ3) is 0.574. The normalized spacial score (nSPS) is 13.1. The SMILES string of the molecule is Cc1nc2c(o1)Cc1nccn1-2. The molecule has 3 heterocycles. The van der Waals surface area contributed by atoms with E-state index in [1.54, 1.807) is 6.20 Å². The second-order valence-electron chi connectivity index (χ2n) is 2.87. The number of fused-ring (bicyclic) bond motifs is 3. The summed E-state index contributed by atoms with van der Waals surface area (Å²) in [5.74, 6) is 3.56. The van der Waals surface area contributed by atoms with Crippen LogP contribution in [0.2, 0.25) is 0 Å². The Bertz CT molecular complexity index is 441. The van der Waals surface area contributed by atoms with E-state index >= 15 is 0 Å². The molecule has 0 amide bonds. The molecule has 0 N–H and O–H groups in total. The fourth-order valence-electron chi connectivity index (χ4n) is 1.56. The molecular formula is C8H7N3O. The fraction of sp³-hybridized carbons (Fsp3) is 0.250. The number of hydrogen-bond acceptors (Lipinski definition) is 3. The minimum atomic E-state index is 0.722. The summed E-state index contributed by atoms with van der Waals surface area (Å²) in [5.41, 5.74) is 0. The van der Waals surface area contributed by atoms with Gasteiger partial charge in [-0.1, -0.05) is 0 Å². The Hall–Kier alpha value is -1.58. The van der Waals surface area contributed by atoms with E-state index in [-0.39, 0.29) is 0 Å². The number of hydrogen-bond donors (Lipinski definition) is 0. The molecule has 4 nitrogen and oxygen atoms in total. The molecule has 0 fully saturated rings. The number of nitrogens with zero attached hydrogens (tertiary/aromatic N) is 3. The Morgan fingerprint density at radius 2 is 2.50 bits per heavy atom. The molecule has 0 spiro atoms. The van der Waals surface area contributed by atoms with E-state index < -0.39 is 0 Å². The summed E-state index contributed by atoms with van der Waals surface area (Å²) in [4.78, 5) is 8.44. The topological polar surface area (TPSA) is 43.9 Å². The van der Waals surface area contributed by atoms with Crippen molar-refractivity contribution in [1.82, 2.24) is 14.5 Å². The van der Waals surface area contributed by atoms with Crippen molar-refractivity contribution in [1.29, 1.82) is 0 Å². The molecular weight excluding hydrogens is 154 g/mol. The maximum absolute atomic E-state index is 5.39. The quantitative estimate of drug-likeness (QED) is 0.495. The van der Waals surface area contributed by atoms with Crippen molar-refractivity contribution in [3.05, 3.63) is 29.9 Å². The van der Waals surface area contributed by atoms with E-state index in [1.165, 1.54) is 0 Å². The molecule has 0 unspecified atom stereocenters. The van der Waals surface area contributed by atoms with Crippen molar-refractivity contribution in [3.63, 3.8) is 0 Å². The number of rotatable bonds is 0. The third-order valence-electron chi connectivity index (χ3n) is 2.05. The highest BCUT2D eigenvalue weighted by Crippen LogP contribution is 2.26. The first-order valence-electron chi connectivity index (χ1n) is 3.83. The first kappa shape index (κ1) is 5.99. The largest absolute Gasteiger partial charge is 0.443 e. The van der Waals surface area contributed by atoms with Crippen molar-refractivity contribution >= 4 is 0 Å². The van der Waals surface area contributed by atoms with Gasteiger partial charge in [0, 0.05) is 19.3 Å². The van der Waals surface area contributed by atoms with Crippen LogP contribution >= 0.6 is 0 Å². The van der Waals surface area contributed by atoms with Crippen molar-refractivity contribution in [2.45, 2.75) is 13.3 Å². The summed E-state index contributed by atoms with van der Waals surface area (Å²) in [6, 6.07) is 0. The summed E-state index contributed by atoms with van der Waals surface area (Å²) in [6.07, 6.45) is 4.45. The molecule has 0 saturated heterocycles. The van der Waals surface area contributed by atoms with E-state index in [9.17, 15) is 0 Å². The Morgan fingerprint density at radius 3 is 3.42 bits per heavy atom. The lowest BCUT2D eigenvalue weighted by Crippen LogP contribution is -1.91. The van der Waals surface area contributed by atoms with Crippen LogP contribution in [0, 0.1) is 6.92 Å². The van der Waals surface area contributed by atoms with Gasteiger partial charge in [-0.05, 0) is 0 Å². The van der Waals surface area contributed by atoms with Crippen LogP contribution in [-0.4, -0.2) is 14.5 Å². The van der Waals surface area contributed by atoms with Crippen LogP contribution in [0.3, 0.4) is 0 Å². The second-order valence-corrected chi connectivity index (χ2v) is 2.87. The highest BCUT2D eigenvalue weighted by atomic mass is 16.4. The van der Waals surface area contributed by atoms with E-state index in [2.05, 4.69) is 9.97 Å². The van der Waals surface area contributed by atoms with Crippen LogP contribution in [-0.2, 0) is 6.42 Å². The molecule has 0 aromatic carbocycles. The Morgan fingerprint density at radius 1 is 1.58 bits per heavy atom. The summed E-state index contributed by atoms with van der Waals surface area (Å²) in [5, 5.41) is 0. The van der Waals surface area contributed by atoms with E-state index in [0.717, 1.165) is 29.7 Å². The molecule has 60 valence electrons. The first-order valence-corrected chi connectivity index (χ1v) is 3.83. The molecule has 0 bridgehead atoms. The zero-order valence-electron chi connectivity index (χ0n) is 6.61. The molecule has 1 aliphatic heterocycles. The highest BCUT2D eigenvalue weighted by Gasteiger charge is 2.23. The summed E-state index contributed by atoms with van der Waals surface area (Å²) < 4.78 is 7.36. The second kappa shape index (κ2) is 1.77. The van der Waals surface area contributed by atoms with Crippen LogP contribution in [0.1, 0.15) is 17.5 Å². The van der Waals surface area contributed by atoms with Gasteiger partial charge in [-0.25, -0.2) is 4.98 Å². The third-order valence-corrected chi connectivity index (χ3v) is 2.05. The van der Waals surface area contributed by atoms with Crippen molar-refractivity contribution in [2.24, 2.45) is 0 Å². The highest BCUT2D eigenvalue weighted by molar-refractivity contribution is 5.37. The van der Waals surface area contributed by atoms with Gasteiger partial charge in [-0.3, -0.25) is 4.57 Å². The van der Waals surface area contributed by atoms with Gasteiger partial charge < -0.3 is 4.42 Å². The smallest absolute Gasteiger partial charge is 0.193 e. The van der Waals surface area contributed by atoms with Gasteiger partial charge in [0.1, 0.15) is 5.82 Å². The lowest BCUT2D eigenvalue weighted by Gasteiger charge is -1.90. The summed E-state index contributed by atoms with van der Waals surface area (Å²) >= 11 is 0. The van der Waals surface area contributed by atoms with Gasteiger partial charge in [-0.2, -0.15) is 4.98 Å². The van der Waals surface area contributed by atoms with Crippen LogP contribution in [0.25, 0.3) is 5.82 Å². The molecule has 0 radical (unpaired) electrons. The maximum atomic E-state index is 5.39. The standard InChI is InChI=1S/C8H7N3O/c1-5-10-8-6(12-5)4-7-9-2-3-11(7)8/h2-3H,4H2,1H3. The Kier molecular flexibility index (Phi) is 0.885. The predicted molar refractivity (Wildman–Crippen MR) is 41.2 cm³/mol. The number of aromatic nitrogens is 3. The molecule has 3 rings (SSSR count). The summed E-state index contributed by atoms with van der Waals surface area (Å²) in [7, 11) is 0. The molecule has 2 aromatic heterocycles. The van der Waals surface area contributed by atoms with Gasteiger partial charge in [0.25, 0.3) is 0 Å². The zero-order chi connectivity index (χ0) is 8.13. The number of oxazole rings is 1. The molecule has 0 atom stereocenters. The van der Waals surface area contributed by atoms with E-state index in [4.69, 9.17) is 4.42 Å². The number of aryl methyl sites for hydroxylation is 1. The van der Waals surface area contributed by atoms with Crippen LogP contribution in [0.15, 0.2) is 16.8 Å². The van der Waals surface area contributed by atoms with Gasteiger partial charge >= 0.3 is 0 Å². The predicted octanol–water partition coefficient (Wildman–Crippen LogP) is 1.07. The van der Waals surface area contributed by atoms with Crippen LogP contribution in [0.5, 0.6) is 0 Å². The van der Waals surface area contributed by atoms with Gasteiger partial charge in [0.2, 0.25) is 0 Å². The minimum absolute atomic E-state index is 0.722. The summed E-state index contributed by atoms with van der Waals surface area (Å²) in [6.45, 7) is 1.86. The van der Waals surface area contributed by atoms with Crippen molar-refractivity contribution in [2.75, 3.05) is 0 Å². The molecule has 0 aliphatic carbocycles. The van der Waals surface area contributed by atoms with Gasteiger partial charge in [-0.15, -0.1) is 0 Å². The number of imidazole rings is 1. The molecule has 1 aliphatic rings. The zero-order valence-corrected chi connectivity index (χ0v) is 6.61.